The summed E-state index contributed by atoms with van der Waals surface area (Å²) in [4.78, 5) is 4.02. The fourth-order valence-corrected chi connectivity index (χ4v) is 0.861. The van der Waals surface area contributed by atoms with Crippen LogP contribution in [0, 0.1) is 17.0 Å². The largest absolute Gasteiger partial charge is 0.387 e. The Morgan fingerprint density at radius 2 is 1.80 bits per heavy atom. The number of nitrogens with two attached hydrogens (primary N) is 1. The van der Waals surface area contributed by atoms with Crippen LogP contribution in [0.2, 0.25) is 0 Å². The monoisotopic (exact) mass is 212 g/mol. The second-order valence-corrected chi connectivity index (χ2v) is 4.35. The first kappa shape index (κ1) is 11.6. The Balaban J connectivity index is 3.04. The van der Waals surface area contributed by atoms with Crippen LogP contribution in [0.1, 0.15) is 20.8 Å². The van der Waals surface area contributed by atoms with Crippen molar-refractivity contribution in [1.82, 2.24) is 0 Å². The quantitative estimate of drug-likeness (QED) is 0.564. The Kier molecular flexibility index (Phi) is 3.07. The third-order valence-corrected chi connectivity index (χ3v) is 1.92. The lowest BCUT2D eigenvalue weighted by Gasteiger charge is -2.17. The van der Waals surface area contributed by atoms with Crippen LogP contribution in [0.5, 0.6) is 0 Å². The van der Waals surface area contributed by atoms with E-state index in [-0.39, 0.29) is 5.41 Å². The molecule has 0 aromatic heterocycles. The number of hydrogen-bond acceptors (Lipinski definition) is 1. The summed E-state index contributed by atoms with van der Waals surface area (Å²) < 4.78 is 25.5. The van der Waals surface area contributed by atoms with Gasteiger partial charge in [0.25, 0.3) is 0 Å². The van der Waals surface area contributed by atoms with E-state index in [9.17, 15) is 8.78 Å². The molecule has 0 unspecified atom stereocenters. The molecule has 0 amide bonds. The number of amidine groups is 1. The van der Waals surface area contributed by atoms with Gasteiger partial charge in [0.2, 0.25) is 0 Å². The number of nitrogens with zero attached hydrogens (tertiary/aromatic N) is 1. The summed E-state index contributed by atoms with van der Waals surface area (Å²) in [6, 6.07) is 3.44. The molecule has 1 aromatic rings. The summed E-state index contributed by atoms with van der Waals surface area (Å²) in [6.07, 6.45) is 0. The maximum Gasteiger partial charge on any atom is 0.160 e. The summed E-state index contributed by atoms with van der Waals surface area (Å²) in [5.74, 6) is -1.42. The lowest BCUT2D eigenvalue weighted by atomic mass is 9.95. The lowest BCUT2D eigenvalue weighted by Crippen LogP contribution is -2.28. The molecule has 0 aliphatic rings. The van der Waals surface area contributed by atoms with Crippen molar-refractivity contribution in [2.24, 2.45) is 16.1 Å². The first-order valence-electron chi connectivity index (χ1n) is 4.60. The van der Waals surface area contributed by atoms with E-state index in [1.807, 2.05) is 20.8 Å². The Labute approximate surface area is 87.8 Å². The Morgan fingerprint density at radius 3 is 2.27 bits per heavy atom. The van der Waals surface area contributed by atoms with Gasteiger partial charge < -0.3 is 5.73 Å². The predicted molar refractivity (Wildman–Crippen MR) is 57.1 cm³/mol. The molecule has 0 atom stereocenters. The van der Waals surface area contributed by atoms with Crippen LogP contribution in [0.25, 0.3) is 0 Å². The molecule has 0 aliphatic carbocycles. The minimum atomic E-state index is -0.919. The molecule has 0 bridgehead atoms. The van der Waals surface area contributed by atoms with E-state index in [1.54, 1.807) is 0 Å². The summed E-state index contributed by atoms with van der Waals surface area (Å²) in [7, 11) is 0. The van der Waals surface area contributed by atoms with Crippen molar-refractivity contribution in [3.63, 3.8) is 0 Å². The van der Waals surface area contributed by atoms with Crippen LogP contribution in [0.3, 0.4) is 0 Å². The van der Waals surface area contributed by atoms with E-state index in [2.05, 4.69) is 4.99 Å². The first-order valence-corrected chi connectivity index (χ1v) is 4.60. The summed E-state index contributed by atoms with van der Waals surface area (Å²) in [5.41, 5.74) is 5.74. The van der Waals surface area contributed by atoms with Gasteiger partial charge in [0, 0.05) is 11.5 Å². The summed E-state index contributed by atoms with van der Waals surface area (Å²) in [6.45, 7) is 5.68. The van der Waals surface area contributed by atoms with Crippen LogP contribution in [-0.2, 0) is 0 Å². The van der Waals surface area contributed by atoms with E-state index in [0.717, 1.165) is 12.1 Å². The van der Waals surface area contributed by atoms with Gasteiger partial charge in [-0.15, -0.1) is 0 Å². The van der Waals surface area contributed by atoms with Crippen molar-refractivity contribution in [2.45, 2.75) is 20.8 Å². The molecular weight excluding hydrogens is 198 g/mol. The molecule has 15 heavy (non-hydrogen) atoms. The van der Waals surface area contributed by atoms with E-state index < -0.39 is 11.6 Å². The highest BCUT2D eigenvalue weighted by atomic mass is 19.2. The zero-order valence-corrected chi connectivity index (χ0v) is 9.01. The molecule has 4 heteroatoms. The zero-order valence-electron chi connectivity index (χ0n) is 9.01. The maximum absolute atomic E-state index is 12.8. The molecule has 0 saturated heterocycles. The highest BCUT2D eigenvalue weighted by Crippen LogP contribution is 2.20. The van der Waals surface area contributed by atoms with Crippen molar-refractivity contribution in [3.8, 4) is 0 Å². The molecular formula is C11H14F2N2. The molecule has 0 spiro atoms. The molecule has 2 nitrogen and oxygen atoms in total. The zero-order chi connectivity index (χ0) is 11.6. The smallest absolute Gasteiger partial charge is 0.160 e. The van der Waals surface area contributed by atoms with E-state index in [4.69, 9.17) is 5.73 Å². The number of halogens is 2. The van der Waals surface area contributed by atoms with Crippen molar-refractivity contribution in [1.29, 1.82) is 0 Å². The lowest BCUT2D eigenvalue weighted by molar-refractivity contribution is 0.509. The number of aliphatic imine (C=N–C) groups is 1. The minimum Gasteiger partial charge on any atom is -0.387 e. The molecule has 0 saturated carbocycles. The van der Waals surface area contributed by atoms with Gasteiger partial charge in [-0.3, -0.25) is 0 Å². The van der Waals surface area contributed by atoms with E-state index in [1.165, 1.54) is 6.07 Å². The topological polar surface area (TPSA) is 38.4 Å². The Hall–Kier alpha value is -1.45. The normalized spacial score (nSPS) is 13.0. The molecule has 0 heterocycles. The van der Waals surface area contributed by atoms with Crippen molar-refractivity contribution in [3.05, 3.63) is 29.8 Å². The SMILES string of the molecule is CC(C)(C)C(N)=Nc1ccc(F)c(F)c1. The highest BCUT2D eigenvalue weighted by Gasteiger charge is 2.15. The second-order valence-electron chi connectivity index (χ2n) is 4.35. The van der Waals surface area contributed by atoms with E-state index in [0.29, 0.717) is 11.5 Å². The van der Waals surface area contributed by atoms with Gasteiger partial charge in [-0.1, -0.05) is 20.8 Å². The summed E-state index contributed by atoms with van der Waals surface area (Å²) in [5, 5.41) is 0. The molecule has 1 rings (SSSR count). The second kappa shape index (κ2) is 3.96. The molecule has 2 N–H and O–H groups in total. The fraction of sp³-hybridized carbons (Fsp3) is 0.364. The van der Waals surface area contributed by atoms with Crippen LogP contribution < -0.4 is 5.73 Å². The van der Waals surface area contributed by atoms with E-state index >= 15 is 0 Å². The van der Waals surface area contributed by atoms with Crippen molar-refractivity contribution >= 4 is 11.5 Å². The standard InChI is InChI=1S/C11H14F2N2/c1-11(2,3)10(14)15-7-4-5-8(12)9(13)6-7/h4-6H,1-3H3,(H2,14,15). The van der Waals surface area contributed by atoms with Crippen LogP contribution in [0.15, 0.2) is 23.2 Å². The van der Waals surface area contributed by atoms with Crippen LogP contribution >= 0.6 is 0 Å². The first-order chi connectivity index (χ1) is 6.80. The van der Waals surface area contributed by atoms with Gasteiger partial charge in [-0.25, -0.2) is 13.8 Å². The van der Waals surface area contributed by atoms with Crippen LogP contribution in [0.4, 0.5) is 14.5 Å². The van der Waals surface area contributed by atoms with Crippen LogP contribution in [-0.4, -0.2) is 5.84 Å². The highest BCUT2D eigenvalue weighted by molar-refractivity contribution is 5.87. The van der Waals surface area contributed by atoms with Gasteiger partial charge in [0.1, 0.15) is 5.84 Å². The molecule has 0 radical (unpaired) electrons. The number of rotatable bonds is 1. The van der Waals surface area contributed by atoms with Gasteiger partial charge in [-0.05, 0) is 12.1 Å². The average Bonchev–Trinajstić information content (AvgIpc) is 2.10. The van der Waals surface area contributed by atoms with Crippen molar-refractivity contribution in [2.75, 3.05) is 0 Å². The van der Waals surface area contributed by atoms with Gasteiger partial charge in [-0.2, -0.15) is 0 Å². The third kappa shape index (κ3) is 3.01. The minimum absolute atomic E-state index is 0.287. The average molecular weight is 212 g/mol. The Bertz CT molecular complexity index is 392. The molecule has 0 aliphatic heterocycles. The summed E-state index contributed by atoms with van der Waals surface area (Å²) >= 11 is 0. The predicted octanol–water partition coefficient (Wildman–Crippen LogP) is 3.00. The molecule has 1 aromatic carbocycles. The number of hydrogen-bond donors (Lipinski definition) is 1. The molecule has 82 valence electrons. The maximum atomic E-state index is 12.8. The van der Waals surface area contributed by atoms with Gasteiger partial charge in [0.05, 0.1) is 5.69 Å². The van der Waals surface area contributed by atoms with Gasteiger partial charge >= 0.3 is 0 Å². The fourth-order valence-electron chi connectivity index (χ4n) is 0.861. The Morgan fingerprint density at radius 1 is 1.20 bits per heavy atom. The van der Waals surface area contributed by atoms with Gasteiger partial charge in [0.15, 0.2) is 11.6 Å². The molecule has 0 fully saturated rings. The third-order valence-electron chi connectivity index (χ3n) is 1.92. The van der Waals surface area contributed by atoms with Crippen molar-refractivity contribution < 1.29 is 8.78 Å². The number of benzene rings is 1.